The highest BCUT2D eigenvalue weighted by Crippen LogP contribution is 2.61. The number of phosphoric acid groups is 3. The Bertz CT molecular complexity index is 2260. The zero-order chi connectivity index (χ0) is 52.5. The zero-order valence-corrected chi connectivity index (χ0v) is 43.7. The molecule has 2 unspecified atom stereocenters. The molecule has 0 saturated carbocycles. The van der Waals surface area contributed by atoms with E-state index < -0.39 is 84.6 Å². The van der Waals surface area contributed by atoms with Crippen LogP contribution in [0.15, 0.2) is 61.3 Å². The molecule has 1 aliphatic heterocycles. The number of carbonyl (C=O) groups is 3. The van der Waals surface area contributed by atoms with Crippen LogP contribution in [0.2, 0.25) is 0 Å². The molecular formula is C43H70N7O17P3S. The predicted octanol–water partition coefficient (Wildman–Crippen LogP) is 5.59. The van der Waals surface area contributed by atoms with Gasteiger partial charge in [0.15, 0.2) is 22.8 Å². The molecule has 28 heteroatoms. The zero-order valence-electron chi connectivity index (χ0n) is 40.2. The third kappa shape index (κ3) is 24.0. The number of anilines is 1. The molecule has 0 aliphatic carbocycles. The summed E-state index contributed by atoms with van der Waals surface area (Å²) in [6.45, 7) is 2.67. The van der Waals surface area contributed by atoms with Crippen molar-refractivity contribution in [2.24, 2.45) is 5.41 Å². The second-order valence-corrected chi connectivity index (χ2v) is 22.3. The maximum absolute atomic E-state index is 12.8. The van der Waals surface area contributed by atoms with Crippen LogP contribution < -0.4 is 16.4 Å². The van der Waals surface area contributed by atoms with Crippen LogP contribution in [0, 0.1) is 5.41 Å². The van der Waals surface area contributed by atoms with E-state index in [1.807, 2.05) is 0 Å². The van der Waals surface area contributed by atoms with Gasteiger partial charge < -0.3 is 50.9 Å². The summed E-state index contributed by atoms with van der Waals surface area (Å²) in [5.74, 6) is -1.05. The van der Waals surface area contributed by atoms with E-state index in [9.17, 15) is 57.9 Å². The second kappa shape index (κ2) is 31.3. The summed E-state index contributed by atoms with van der Waals surface area (Å²) in [5.41, 5.74) is 4.28. The van der Waals surface area contributed by atoms with Crippen molar-refractivity contribution in [1.82, 2.24) is 30.2 Å². The molecule has 2 aromatic rings. The number of aliphatic hydroxyl groups is 2. The summed E-state index contributed by atoms with van der Waals surface area (Å²) in [7, 11) is -16.4. The Hall–Kier alpha value is -3.48. The van der Waals surface area contributed by atoms with Gasteiger partial charge in [-0.05, 0) is 44.9 Å². The highest BCUT2D eigenvalue weighted by molar-refractivity contribution is 8.13. The van der Waals surface area contributed by atoms with E-state index in [0.29, 0.717) is 12.2 Å². The maximum atomic E-state index is 12.8. The van der Waals surface area contributed by atoms with Gasteiger partial charge in [-0.1, -0.05) is 107 Å². The molecule has 2 amide bonds. The number of imidazole rings is 1. The molecule has 3 heterocycles. The molecule has 1 fully saturated rings. The van der Waals surface area contributed by atoms with E-state index in [2.05, 4.69) is 90.0 Å². The maximum Gasteiger partial charge on any atom is 0.481 e. The molecule has 1 saturated heterocycles. The topological polar surface area (TPSA) is 364 Å². The normalized spacial score (nSPS) is 20.1. The quantitative estimate of drug-likeness (QED) is 0.0231. The highest BCUT2D eigenvalue weighted by Gasteiger charge is 2.50. The highest BCUT2D eigenvalue weighted by atomic mass is 32.2. The first-order chi connectivity index (χ1) is 33.6. The Kier molecular flexibility index (Phi) is 27.3. The average Bonchev–Trinajstić information content (AvgIpc) is 3.86. The Morgan fingerprint density at radius 3 is 2.14 bits per heavy atom. The van der Waals surface area contributed by atoms with Crippen LogP contribution in [0.1, 0.15) is 110 Å². The molecule has 0 aromatic carbocycles. The third-order valence-corrected chi connectivity index (χ3v) is 14.5. The molecule has 3 rings (SSSR count). The van der Waals surface area contributed by atoms with Crippen molar-refractivity contribution in [3.63, 3.8) is 0 Å². The van der Waals surface area contributed by atoms with Crippen LogP contribution >= 0.6 is 35.2 Å². The number of unbranched alkanes of at least 4 members (excludes halogenated alkanes) is 6. The number of nitrogens with zero attached hydrogens (tertiary/aromatic N) is 4. The largest absolute Gasteiger partial charge is 0.481 e. The van der Waals surface area contributed by atoms with E-state index in [4.69, 9.17) is 19.5 Å². The number of fused-ring (bicyclic) bond motifs is 1. The smallest absolute Gasteiger partial charge is 0.386 e. The van der Waals surface area contributed by atoms with Gasteiger partial charge in [-0.3, -0.25) is 32.5 Å². The van der Waals surface area contributed by atoms with E-state index in [0.717, 1.165) is 99.6 Å². The van der Waals surface area contributed by atoms with Crippen molar-refractivity contribution in [1.29, 1.82) is 0 Å². The lowest BCUT2D eigenvalue weighted by molar-refractivity contribution is -0.137. The Labute approximate surface area is 417 Å². The summed E-state index contributed by atoms with van der Waals surface area (Å²) in [6, 6.07) is 0. The molecule has 71 heavy (non-hydrogen) atoms. The van der Waals surface area contributed by atoms with Gasteiger partial charge in [0, 0.05) is 37.1 Å². The summed E-state index contributed by atoms with van der Waals surface area (Å²) in [4.78, 5) is 88.5. The fourth-order valence-electron chi connectivity index (χ4n) is 6.70. The van der Waals surface area contributed by atoms with E-state index in [-0.39, 0.29) is 41.6 Å². The number of allylic oxidation sites excluding steroid dienone is 8. The standard InChI is InChI=1S/C43H70N7O17P3S/c1-4-5-6-7-8-9-10-11-12-13-14-15-16-17-18-19-20-21-22-23-34(52)71-27-26-45-33(51)24-25-46-41(55)38(54)43(2,3)29-64-70(61,62)67-69(59,60)63-28-32-37(66-68(56,57)58)36(53)42(65-32)50-31-49-35-39(44)47-30-48-40(35)50/h5-6,8-9,11-12,14-15,30-32,36-38,42,53-54H,4,7,10,13,16-29H2,1-3H3,(H,45,51)(H,46,55)(H,59,60)(H,61,62)(H2,44,47,48)(H2,56,57,58)/b6-5-,9-8-,12-11-,15-14-/t32-,36-,37-,38+,42-/m1/s1. The van der Waals surface area contributed by atoms with Gasteiger partial charge in [0.25, 0.3) is 0 Å². The number of nitrogens with one attached hydrogen (secondary N) is 2. The first-order valence-corrected chi connectivity index (χ1v) is 28.7. The molecule has 400 valence electrons. The Balaban J connectivity index is 1.27. The SMILES string of the molecule is CC/C=C\C/C=C\C/C=C\C/C=C\CCCCCCCCC(=O)SCCNC(=O)CCNC(=O)[C@H](O)C(C)(C)COP(=O)(O)OP(=O)(O)OC[C@H]1O[C@@H](n2cnc3c(N)ncnc32)[C@H](O)[C@@H]1OP(=O)(O)O. The number of rotatable bonds is 35. The van der Waals surface area contributed by atoms with Crippen LogP contribution in [0.5, 0.6) is 0 Å². The summed E-state index contributed by atoms with van der Waals surface area (Å²) in [5, 5.41) is 26.7. The molecule has 0 bridgehead atoms. The number of hydrogen-bond acceptors (Lipinski definition) is 18. The Morgan fingerprint density at radius 1 is 0.859 bits per heavy atom. The molecule has 10 N–H and O–H groups in total. The van der Waals surface area contributed by atoms with Crippen LogP contribution in [0.25, 0.3) is 11.2 Å². The number of nitrogen functional groups attached to an aromatic ring is 1. The number of nitrogens with two attached hydrogens (primary N) is 1. The van der Waals surface area contributed by atoms with Gasteiger partial charge in [0.2, 0.25) is 11.8 Å². The first kappa shape index (κ1) is 61.8. The van der Waals surface area contributed by atoms with Crippen LogP contribution in [-0.4, -0.2) is 123 Å². The first-order valence-electron chi connectivity index (χ1n) is 23.2. The van der Waals surface area contributed by atoms with Crippen molar-refractivity contribution >= 4 is 69.1 Å². The number of phosphoric ester groups is 3. The summed E-state index contributed by atoms with van der Waals surface area (Å²) in [6.07, 6.45) is 22.4. The second-order valence-electron chi connectivity index (χ2n) is 17.0. The van der Waals surface area contributed by atoms with Crippen LogP contribution in [-0.2, 0) is 50.7 Å². The summed E-state index contributed by atoms with van der Waals surface area (Å²) < 4.78 is 62.5. The van der Waals surface area contributed by atoms with Gasteiger partial charge in [-0.25, -0.2) is 28.6 Å². The number of thioether (sulfide) groups is 1. The van der Waals surface area contributed by atoms with Crippen molar-refractivity contribution in [3.05, 3.63) is 61.3 Å². The molecule has 0 spiro atoms. The minimum Gasteiger partial charge on any atom is -0.386 e. The molecule has 2 aromatic heterocycles. The molecule has 7 atom stereocenters. The predicted molar refractivity (Wildman–Crippen MR) is 265 cm³/mol. The van der Waals surface area contributed by atoms with Gasteiger partial charge in [-0.2, -0.15) is 4.31 Å². The minimum absolute atomic E-state index is 0.0316. The van der Waals surface area contributed by atoms with Gasteiger partial charge in [-0.15, -0.1) is 0 Å². The fourth-order valence-corrected chi connectivity index (χ4v) is 10.3. The molecule has 24 nitrogen and oxygen atoms in total. The van der Waals surface area contributed by atoms with Crippen molar-refractivity contribution in [2.45, 2.75) is 135 Å². The van der Waals surface area contributed by atoms with Gasteiger partial charge >= 0.3 is 23.5 Å². The van der Waals surface area contributed by atoms with Gasteiger partial charge in [0.05, 0.1) is 19.5 Å². The monoisotopic (exact) mass is 1080 g/mol. The number of amides is 2. The van der Waals surface area contributed by atoms with E-state index in [1.54, 1.807) is 0 Å². The lowest BCUT2D eigenvalue weighted by Gasteiger charge is -2.30. The van der Waals surface area contributed by atoms with E-state index in [1.165, 1.54) is 13.8 Å². The average molecular weight is 1080 g/mol. The molecular weight excluding hydrogens is 1010 g/mol. The lowest BCUT2D eigenvalue weighted by Crippen LogP contribution is -2.46. The number of ether oxygens (including phenoxy) is 1. The van der Waals surface area contributed by atoms with Crippen LogP contribution in [0.3, 0.4) is 0 Å². The fraction of sp³-hybridized carbons (Fsp3) is 0.628. The number of carbonyl (C=O) groups excluding carboxylic acids is 3. The lowest BCUT2D eigenvalue weighted by atomic mass is 9.87. The minimum atomic E-state index is -5.58. The number of hydrogen-bond donors (Lipinski definition) is 9. The number of aliphatic hydroxyl groups excluding tert-OH is 2. The van der Waals surface area contributed by atoms with Crippen LogP contribution in [0.4, 0.5) is 5.82 Å². The molecule has 0 radical (unpaired) electrons. The van der Waals surface area contributed by atoms with Gasteiger partial charge in [0.1, 0.15) is 36.3 Å². The van der Waals surface area contributed by atoms with Crippen molar-refractivity contribution < 1.29 is 80.5 Å². The number of aromatic nitrogens is 4. The summed E-state index contributed by atoms with van der Waals surface area (Å²) >= 11 is 1.14. The Morgan fingerprint density at radius 2 is 1.48 bits per heavy atom. The van der Waals surface area contributed by atoms with Crippen molar-refractivity contribution in [3.8, 4) is 0 Å². The third-order valence-electron chi connectivity index (χ3n) is 10.5. The van der Waals surface area contributed by atoms with E-state index >= 15 is 0 Å². The molecule has 1 aliphatic rings. The van der Waals surface area contributed by atoms with Crippen molar-refractivity contribution in [2.75, 3.05) is 37.8 Å².